The molecule has 0 aliphatic carbocycles. The van der Waals surface area contributed by atoms with Gasteiger partial charge in [0.05, 0.1) is 0 Å². The number of unbranched alkanes of at least 4 members (excludes halogenated alkanes) is 7. The maximum atomic E-state index is 11.0. The highest BCUT2D eigenvalue weighted by Gasteiger charge is 1.96. The Hall–Kier alpha value is -0.730. The zero-order chi connectivity index (χ0) is 12.1. The largest absolute Gasteiger partial charge is 0.338 e. The summed E-state index contributed by atoms with van der Waals surface area (Å²) in [6.45, 7) is 5.67. The van der Waals surface area contributed by atoms with Gasteiger partial charge in [0.15, 0.2) is 0 Å². The molecule has 3 heteroatoms. The van der Waals surface area contributed by atoms with E-state index < -0.39 is 0 Å². The maximum absolute atomic E-state index is 11.0. The lowest BCUT2D eigenvalue weighted by atomic mass is 10.1. The minimum Gasteiger partial charge on any atom is -0.338 e. The zero-order valence-electron chi connectivity index (χ0n) is 11.0. The molecule has 0 aromatic carbocycles. The van der Waals surface area contributed by atoms with Crippen molar-refractivity contribution in [3.05, 3.63) is 0 Å². The van der Waals surface area contributed by atoms with Gasteiger partial charge in [-0.05, 0) is 13.3 Å². The number of carbonyl (C=O) groups excluding carboxylic acids is 1. The van der Waals surface area contributed by atoms with Crippen molar-refractivity contribution in [1.82, 2.24) is 10.6 Å². The fourth-order valence-corrected chi connectivity index (χ4v) is 1.68. The molecule has 2 N–H and O–H groups in total. The Balaban J connectivity index is -0.00000112. The van der Waals surface area contributed by atoms with Crippen LogP contribution in [0.5, 0.6) is 0 Å². The molecular weight excluding hydrogens is 200 g/mol. The maximum Gasteiger partial charge on any atom is 0.314 e. The highest BCUT2D eigenvalue weighted by molar-refractivity contribution is 5.73. The summed E-state index contributed by atoms with van der Waals surface area (Å²) in [6, 6.07) is -0.0366. The zero-order valence-corrected chi connectivity index (χ0v) is 11.0. The standard InChI is InChI=1S/C13H28N2O.2H2/c1-3-5-6-7-8-9-10-11-12-15-13(16)14-4-2;;/h3-12H2,1-2H3,(H2,14,15,16);2*1H. The predicted octanol–water partition coefficient (Wildman–Crippen LogP) is 3.94. The molecule has 0 spiro atoms. The minimum atomic E-state index is -0.0366. The van der Waals surface area contributed by atoms with E-state index in [1.54, 1.807) is 0 Å². The summed E-state index contributed by atoms with van der Waals surface area (Å²) in [6.07, 6.45) is 10.4. The van der Waals surface area contributed by atoms with Crippen molar-refractivity contribution in [3.8, 4) is 0 Å². The second-order valence-electron chi connectivity index (χ2n) is 4.26. The molecule has 0 atom stereocenters. The molecule has 0 saturated carbocycles. The van der Waals surface area contributed by atoms with Crippen LogP contribution in [0, 0.1) is 0 Å². The van der Waals surface area contributed by atoms with Crippen LogP contribution in [0.15, 0.2) is 0 Å². The number of hydrogen-bond acceptors (Lipinski definition) is 1. The third-order valence-electron chi connectivity index (χ3n) is 2.65. The molecule has 0 saturated heterocycles. The molecule has 0 aromatic rings. The SMILES string of the molecule is CCCCCCCCCCNC(=O)NCC.[HH].[HH]. The first kappa shape index (κ1) is 15.3. The Morgan fingerprint density at radius 3 is 2.00 bits per heavy atom. The van der Waals surface area contributed by atoms with E-state index in [4.69, 9.17) is 0 Å². The van der Waals surface area contributed by atoms with Crippen molar-refractivity contribution >= 4 is 6.03 Å². The van der Waals surface area contributed by atoms with E-state index in [1.807, 2.05) is 6.92 Å². The molecule has 100 valence electrons. The van der Waals surface area contributed by atoms with Gasteiger partial charge in [-0.1, -0.05) is 51.9 Å². The smallest absolute Gasteiger partial charge is 0.314 e. The molecule has 16 heavy (non-hydrogen) atoms. The quantitative estimate of drug-likeness (QED) is 0.550. The van der Waals surface area contributed by atoms with Gasteiger partial charge in [0.1, 0.15) is 0 Å². The summed E-state index contributed by atoms with van der Waals surface area (Å²) >= 11 is 0. The molecular formula is C13H32N2O. The van der Waals surface area contributed by atoms with Crippen LogP contribution >= 0.6 is 0 Å². The summed E-state index contributed by atoms with van der Waals surface area (Å²) < 4.78 is 0. The van der Waals surface area contributed by atoms with E-state index >= 15 is 0 Å². The van der Waals surface area contributed by atoms with Crippen LogP contribution in [0.4, 0.5) is 4.79 Å². The lowest BCUT2D eigenvalue weighted by Crippen LogP contribution is -2.35. The average molecular weight is 232 g/mol. The Morgan fingerprint density at radius 1 is 0.875 bits per heavy atom. The Labute approximate surface area is 103 Å². The van der Waals surface area contributed by atoms with E-state index in [-0.39, 0.29) is 8.88 Å². The highest BCUT2D eigenvalue weighted by atomic mass is 16.2. The van der Waals surface area contributed by atoms with E-state index in [2.05, 4.69) is 17.6 Å². The lowest BCUT2D eigenvalue weighted by molar-refractivity contribution is 0.241. The van der Waals surface area contributed by atoms with Crippen LogP contribution in [0.2, 0.25) is 0 Å². The van der Waals surface area contributed by atoms with E-state index in [0.29, 0.717) is 6.54 Å². The number of hydrogen-bond donors (Lipinski definition) is 2. The van der Waals surface area contributed by atoms with Gasteiger partial charge >= 0.3 is 6.03 Å². The summed E-state index contributed by atoms with van der Waals surface area (Å²) in [7, 11) is 0. The second kappa shape index (κ2) is 12.3. The Kier molecular flexibility index (Phi) is 11.8. The minimum absolute atomic E-state index is 0. The van der Waals surface area contributed by atoms with E-state index in [0.717, 1.165) is 13.0 Å². The van der Waals surface area contributed by atoms with Crippen molar-refractivity contribution in [3.63, 3.8) is 0 Å². The Bertz CT molecular complexity index is 169. The number of amides is 2. The molecule has 0 aliphatic heterocycles. The van der Waals surface area contributed by atoms with Crippen LogP contribution in [0.25, 0.3) is 0 Å². The fourth-order valence-electron chi connectivity index (χ4n) is 1.68. The normalized spacial score (nSPS) is 10.1. The number of nitrogens with one attached hydrogen (secondary N) is 2. The van der Waals surface area contributed by atoms with Crippen LogP contribution in [-0.4, -0.2) is 19.1 Å². The average Bonchev–Trinajstić information content (AvgIpc) is 2.27. The van der Waals surface area contributed by atoms with Gasteiger partial charge in [-0.2, -0.15) is 0 Å². The van der Waals surface area contributed by atoms with Crippen molar-refractivity contribution in [1.29, 1.82) is 0 Å². The molecule has 0 unspecified atom stereocenters. The predicted molar refractivity (Wildman–Crippen MR) is 73.9 cm³/mol. The van der Waals surface area contributed by atoms with Gasteiger partial charge in [0.2, 0.25) is 0 Å². The first-order valence-corrected chi connectivity index (χ1v) is 6.83. The molecule has 0 radical (unpaired) electrons. The first-order chi connectivity index (χ1) is 7.81. The van der Waals surface area contributed by atoms with Gasteiger partial charge in [0.25, 0.3) is 0 Å². The first-order valence-electron chi connectivity index (χ1n) is 6.83. The summed E-state index contributed by atoms with van der Waals surface area (Å²) in [4.78, 5) is 11.0. The van der Waals surface area contributed by atoms with Crippen molar-refractivity contribution in [2.24, 2.45) is 0 Å². The van der Waals surface area contributed by atoms with Crippen molar-refractivity contribution in [2.75, 3.05) is 13.1 Å². The second-order valence-corrected chi connectivity index (χ2v) is 4.26. The van der Waals surface area contributed by atoms with E-state index in [9.17, 15) is 4.79 Å². The van der Waals surface area contributed by atoms with Gasteiger partial charge in [-0.25, -0.2) is 4.79 Å². The lowest BCUT2D eigenvalue weighted by Gasteiger charge is -2.05. The third-order valence-corrected chi connectivity index (χ3v) is 2.65. The van der Waals surface area contributed by atoms with Crippen LogP contribution in [0.1, 0.15) is 68.1 Å². The fraction of sp³-hybridized carbons (Fsp3) is 0.923. The summed E-state index contributed by atoms with van der Waals surface area (Å²) in [5.74, 6) is 0. The molecule has 0 fully saturated rings. The van der Waals surface area contributed by atoms with Gasteiger partial charge in [-0.15, -0.1) is 0 Å². The molecule has 0 aromatic heterocycles. The topological polar surface area (TPSA) is 41.1 Å². The number of urea groups is 1. The van der Waals surface area contributed by atoms with Crippen LogP contribution in [-0.2, 0) is 0 Å². The van der Waals surface area contributed by atoms with Gasteiger partial charge in [0, 0.05) is 15.9 Å². The van der Waals surface area contributed by atoms with E-state index in [1.165, 1.54) is 44.9 Å². The van der Waals surface area contributed by atoms with Crippen LogP contribution in [0.3, 0.4) is 0 Å². The molecule has 3 nitrogen and oxygen atoms in total. The van der Waals surface area contributed by atoms with Crippen molar-refractivity contribution in [2.45, 2.75) is 65.2 Å². The number of rotatable bonds is 10. The molecule has 2 amide bonds. The Morgan fingerprint density at radius 2 is 1.44 bits per heavy atom. The summed E-state index contributed by atoms with van der Waals surface area (Å²) in [5, 5.41) is 5.57. The van der Waals surface area contributed by atoms with Crippen molar-refractivity contribution < 1.29 is 7.65 Å². The molecule has 0 aliphatic rings. The van der Waals surface area contributed by atoms with Gasteiger partial charge < -0.3 is 10.6 Å². The highest BCUT2D eigenvalue weighted by Crippen LogP contribution is 2.07. The third kappa shape index (κ3) is 11.3. The van der Waals surface area contributed by atoms with Gasteiger partial charge in [-0.3, -0.25) is 0 Å². The number of carbonyl (C=O) groups is 1. The molecule has 0 rings (SSSR count). The molecule has 0 bridgehead atoms. The monoisotopic (exact) mass is 232 g/mol. The summed E-state index contributed by atoms with van der Waals surface area (Å²) in [5.41, 5.74) is 0. The van der Waals surface area contributed by atoms with Crippen LogP contribution < -0.4 is 10.6 Å². The molecule has 0 heterocycles.